The third-order valence-corrected chi connectivity index (χ3v) is 6.14. The quantitative estimate of drug-likeness (QED) is 0.424. The van der Waals surface area contributed by atoms with Gasteiger partial charge in [0.05, 0.1) is 21.4 Å². The molecule has 1 heterocycles. The third-order valence-electron chi connectivity index (χ3n) is 4.53. The Morgan fingerprint density at radius 3 is 2.55 bits per heavy atom. The molecule has 0 fully saturated rings. The molecule has 4 nitrogen and oxygen atoms in total. The smallest absolute Gasteiger partial charge is 0.230 e. The Morgan fingerprint density at radius 2 is 1.86 bits per heavy atom. The van der Waals surface area contributed by atoms with E-state index in [9.17, 15) is 4.79 Å². The topological polar surface area (TPSA) is 36.4 Å². The van der Waals surface area contributed by atoms with Crippen LogP contribution in [0.25, 0.3) is 0 Å². The van der Waals surface area contributed by atoms with Gasteiger partial charge in [-0.15, -0.1) is 11.3 Å². The highest BCUT2D eigenvalue weighted by atomic mass is 35.5. The van der Waals surface area contributed by atoms with Gasteiger partial charge in [0.1, 0.15) is 0 Å². The zero-order valence-corrected chi connectivity index (χ0v) is 19.0. The zero-order chi connectivity index (χ0) is 21.0. The monoisotopic (exact) mass is 447 g/mol. The summed E-state index contributed by atoms with van der Waals surface area (Å²) in [6.07, 6.45) is 0.852. The second-order valence-electron chi connectivity index (χ2n) is 6.88. The molecule has 29 heavy (non-hydrogen) atoms. The van der Waals surface area contributed by atoms with Crippen LogP contribution in [0.1, 0.15) is 30.7 Å². The van der Waals surface area contributed by atoms with Crippen LogP contribution in [0.4, 0.5) is 10.8 Å². The maximum Gasteiger partial charge on any atom is 0.230 e. The van der Waals surface area contributed by atoms with Crippen molar-refractivity contribution in [3.63, 3.8) is 0 Å². The molecule has 0 aliphatic rings. The first-order chi connectivity index (χ1) is 13.9. The van der Waals surface area contributed by atoms with Crippen LogP contribution in [0.2, 0.25) is 10.0 Å². The number of nitrogens with zero attached hydrogens (tertiary/aromatic N) is 3. The lowest BCUT2D eigenvalue weighted by molar-refractivity contribution is -0.115. The number of hydrogen-bond acceptors (Lipinski definition) is 4. The van der Waals surface area contributed by atoms with Crippen LogP contribution in [-0.2, 0) is 24.3 Å². The van der Waals surface area contributed by atoms with Crippen molar-refractivity contribution in [2.45, 2.75) is 33.4 Å². The molecule has 1 aromatic heterocycles. The SMILES string of the molecule is CCc1ccccc1N(C(C)=O)c1nc(CN(C)Cc2ccc(Cl)c(Cl)c2)cs1. The predicted molar refractivity (Wildman–Crippen MR) is 122 cm³/mol. The van der Waals surface area contributed by atoms with Gasteiger partial charge in [-0.1, -0.05) is 54.4 Å². The van der Waals surface area contributed by atoms with Crippen molar-refractivity contribution in [3.8, 4) is 0 Å². The van der Waals surface area contributed by atoms with Crippen LogP contribution in [0.15, 0.2) is 47.8 Å². The largest absolute Gasteiger partial charge is 0.296 e. The molecular weight excluding hydrogens is 425 g/mol. The first kappa shape index (κ1) is 21.8. The normalized spacial score (nSPS) is 11.1. The Hall–Kier alpha value is -1.92. The highest BCUT2D eigenvalue weighted by molar-refractivity contribution is 7.14. The van der Waals surface area contributed by atoms with Crippen molar-refractivity contribution in [1.29, 1.82) is 0 Å². The number of carbonyl (C=O) groups excluding carboxylic acids is 1. The number of aryl methyl sites for hydroxylation is 1. The number of carbonyl (C=O) groups is 1. The molecule has 0 aliphatic carbocycles. The Kier molecular flexibility index (Phi) is 7.30. The van der Waals surface area contributed by atoms with E-state index in [1.54, 1.807) is 11.8 Å². The molecule has 0 unspecified atom stereocenters. The van der Waals surface area contributed by atoms with E-state index in [4.69, 9.17) is 28.2 Å². The molecular formula is C22H23Cl2N3OS. The Morgan fingerprint density at radius 1 is 1.10 bits per heavy atom. The molecule has 2 aromatic carbocycles. The van der Waals surface area contributed by atoms with Gasteiger partial charge in [-0.3, -0.25) is 14.6 Å². The number of anilines is 2. The van der Waals surface area contributed by atoms with Crippen molar-refractivity contribution < 1.29 is 4.79 Å². The molecule has 0 saturated carbocycles. The van der Waals surface area contributed by atoms with E-state index >= 15 is 0 Å². The Balaban J connectivity index is 1.76. The van der Waals surface area contributed by atoms with Crippen LogP contribution in [0.5, 0.6) is 0 Å². The molecule has 0 N–H and O–H groups in total. The molecule has 0 spiro atoms. The molecule has 0 saturated heterocycles. The minimum atomic E-state index is -0.0454. The van der Waals surface area contributed by atoms with E-state index < -0.39 is 0 Å². The summed E-state index contributed by atoms with van der Waals surface area (Å²) in [4.78, 5) is 21.0. The van der Waals surface area contributed by atoms with Crippen molar-refractivity contribution in [1.82, 2.24) is 9.88 Å². The zero-order valence-electron chi connectivity index (χ0n) is 16.7. The molecule has 0 atom stereocenters. The average molecular weight is 448 g/mol. The van der Waals surface area contributed by atoms with Gasteiger partial charge < -0.3 is 0 Å². The number of rotatable bonds is 7. The summed E-state index contributed by atoms with van der Waals surface area (Å²) in [5.74, 6) is -0.0454. The lowest BCUT2D eigenvalue weighted by Crippen LogP contribution is -2.24. The van der Waals surface area contributed by atoms with Crippen molar-refractivity contribution in [2.75, 3.05) is 11.9 Å². The van der Waals surface area contributed by atoms with Gasteiger partial charge in [0.25, 0.3) is 0 Å². The van der Waals surface area contributed by atoms with Crippen molar-refractivity contribution in [3.05, 3.63) is 74.7 Å². The summed E-state index contributed by atoms with van der Waals surface area (Å²) in [5.41, 5.74) is 4.02. The standard InChI is InChI=1S/C22H23Cl2N3OS/c1-4-17-7-5-6-8-21(17)27(15(2)28)22-25-18(14-29-22)13-26(3)12-16-9-10-19(23)20(24)11-16/h5-11,14H,4,12-13H2,1-3H3. The third kappa shape index (κ3) is 5.37. The van der Waals surface area contributed by atoms with Crippen LogP contribution < -0.4 is 4.90 Å². The summed E-state index contributed by atoms with van der Waals surface area (Å²) in [6.45, 7) is 5.04. The maximum absolute atomic E-state index is 12.4. The van der Waals surface area contributed by atoms with Gasteiger partial charge in [0, 0.05) is 25.4 Å². The fourth-order valence-electron chi connectivity index (χ4n) is 3.19. The van der Waals surface area contributed by atoms with E-state index in [1.807, 2.05) is 54.9 Å². The van der Waals surface area contributed by atoms with Gasteiger partial charge in [-0.2, -0.15) is 0 Å². The number of thiazole rings is 1. The molecule has 152 valence electrons. The molecule has 0 bridgehead atoms. The minimum Gasteiger partial charge on any atom is -0.296 e. The van der Waals surface area contributed by atoms with Gasteiger partial charge in [0.15, 0.2) is 5.13 Å². The average Bonchev–Trinajstić information content (AvgIpc) is 3.12. The molecule has 7 heteroatoms. The molecule has 0 aliphatic heterocycles. The molecule has 1 amide bonds. The Bertz CT molecular complexity index is 1010. The van der Waals surface area contributed by atoms with E-state index in [2.05, 4.69) is 11.8 Å². The predicted octanol–water partition coefficient (Wildman–Crippen LogP) is 6.33. The highest BCUT2D eigenvalue weighted by Crippen LogP contribution is 2.32. The second kappa shape index (κ2) is 9.72. The number of para-hydroxylation sites is 1. The lowest BCUT2D eigenvalue weighted by Gasteiger charge is -2.21. The van der Waals surface area contributed by atoms with E-state index in [1.165, 1.54) is 11.3 Å². The van der Waals surface area contributed by atoms with E-state index in [0.717, 1.165) is 35.5 Å². The number of aromatic nitrogens is 1. The van der Waals surface area contributed by atoms with Crippen LogP contribution >= 0.6 is 34.5 Å². The van der Waals surface area contributed by atoms with Crippen LogP contribution in [0, 0.1) is 0 Å². The van der Waals surface area contributed by atoms with Gasteiger partial charge in [-0.05, 0) is 42.8 Å². The van der Waals surface area contributed by atoms with Crippen LogP contribution in [-0.4, -0.2) is 22.8 Å². The van der Waals surface area contributed by atoms with Crippen molar-refractivity contribution in [2.24, 2.45) is 0 Å². The molecule has 0 radical (unpaired) electrons. The first-order valence-electron chi connectivity index (χ1n) is 9.34. The number of hydrogen-bond donors (Lipinski definition) is 0. The van der Waals surface area contributed by atoms with Gasteiger partial charge in [0.2, 0.25) is 5.91 Å². The second-order valence-corrected chi connectivity index (χ2v) is 8.53. The summed E-state index contributed by atoms with van der Waals surface area (Å²) >= 11 is 13.6. The molecule has 3 rings (SSSR count). The Labute approximate surface area is 185 Å². The number of halogens is 2. The fraction of sp³-hybridized carbons (Fsp3) is 0.273. The summed E-state index contributed by atoms with van der Waals surface area (Å²) in [6, 6.07) is 13.6. The molecule has 3 aromatic rings. The summed E-state index contributed by atoms with van der Waals surface area (Å²) < 4.78 is 0. The lowest BCUT2D eigenvalue weighted by atomic mass is 10.1. The van der Waals surface area contributed by atoms with E-state index in [-0.39, 0.29) is 5.91 Å². The number of amides is 1. The van der Waals surface area contributed by atoms with E-state index in [0.29, 0.717) is 21.7 Å². The van der Waals surface area contributed by atoms with Gasteiger partial charge >= 0.3 is 0 Å². The number of benzene rings is 2. The highest BCUT2D eigenvalue weighted by Gasteiger charge is 2.20. The maximum atomic E-state index is 12.4. The fourth-order valence-corrected chi connectivity index (χ4v) is 4.38. The summed E-state index contributed by atoms with van der Waals surface area (Å²) in [5, 5.41) is 3.81. The first-order valence-corrected chi connectivity index (χ1v) is 11.0. The summed E-state index contributed by atoms with van der Waals surface area (Å²) in [7, 11) is 2.02. The van der Waals surface area contributed by atoms with Gasteiger partial charge in [-0.25, -0.2) is 4.98 Å². The van der Waals surface area contributed by atoms with Crippen LogP contribution in [0.3, 0.4) is 0 Å². The minimum absolute atomic E-state index is 0.0454. The van der Waals surface area contributed by atoms with Crippen molar-refractivity contribution >= 4 is 51.3 Å².